The van der Waals surface area contributed by atoms with Gasteiger partial charge in [0.05, 0.1) is 39.6 Å². The summed E-state index contributed by atoms with van der Waals surface area (Å²) in [5.41, 5.74) is -1.33. The minimum Gasteiger partial charge on any atom is -0.506 e. The molecule has 0 aromatic heterocycles. The number of carbonyl (C=O) groups excluding carboxylic acids is 1. The van der Waals surface area contributed by atoms with E-state index in [-0.39, 0.29) is 78.3 Å². The summed E-state index contributed by atoms with van der Waals surface area (Å²) in [5, 5.41) is 83.7. The van der Waals surface area contributed by atoms with Gasteiger partial charge in [-0.15, -0.1) is 29.1 Å². The molecule has 0 atom stereocenters. The predicted molar refractivity (Wildman–Crippen MR) is 157 cm³/mol. The molecule has 0 heterocycles. The molecule has 24 heteroatoms. The van der Waals surface area contributed by atoms with Crippen molar-refractivity contribution in [2.45, 2.75) is 21.6 Å². The molecule has 1 amide bonds. The molecule has 0 aliphatic rings. The van der Waals surface area contributed by atoms with Crippen LogP contribution >= 0.6 is 24.1 Å². The van der Waals surface area contributed by atoms with Crippen LogP contribution in [0.4, 0.5) is 28.4 Å². The second-order valence-electron chi connectivity index (χ2n) is 8.63. The van der Waals surface area contributed by atoms with Gasteiger partial charge < -0.3 is 25.7 Å². The largest absolute Gasteiger partial charge is 0.506 e. The first-order valence-corrected chi connectivity index (χ1v) is 14.9. The van der Waals surface area contributed by atoms with Crippen LogP contribution in [0.15, 0.2) is 83.7 Å². The predicted octanol–water partition coefficient (Wildman–Crippen LogP) is 6.55. The van der Waals surface area contributed by atoms with Crippen molar-refractivity contribution in [3.05, 3.63) is 48.5 Å². The van der Waals surface area contributed by atoms with Crippen LogP contribution in [0.3, 0.4) is 0 Å². The molecular formula is C24H19Cu2N5O14S3. The van der Waals surface area contributed by atoms with Crippen LogP contribution in [0.25, 0.3) is 10.8 Å². The summed E-state index contributed by atoms with van der Waals surface area (Å²) in [6.07, 6.45) is 0. The Morgan fingerprint density at radius 2 is 1.33 bits per heavy atom. The third kappa shape index (κ3) is 9.97. The quantitative estimate of drug-likeness (QED) is 0.0143. The molecule has 0 fully saturated rings. The number of amides is 1. The van der Waals surface area contributed by atoms with Gasteiger partial charge in [0.25, 0.3) is 10.1 Å². The van der Waals surface area contributed by atoms with Gasteiger partial charge in [0.1, 0.15) is 40.0 Å². The number of nitrogens with one attached hydrogen (secondary N) is 1. The zero-order chi connectivity index (χ0) is 33.6. The van der Waals surface area contributed by atoms with E-state index in [2.05, 4.69) is 44.5 Å². The summed E-state index contributed by atoms with van der Waals surface area (Å²) < 4.78 is 41.9. The Morgan fingerprint density at radius 3 is 1.90 bits per heavy atom. The first-order valence-electron chi connectivity index (χ1n) is 11.9. The molecule has 0 saturated carbocycles. The van der Waals surface area contributed by atoms with Gasteiger partial charge in [0.15, 0.2) is 5.75 Å². The van der Waals surface area contributed by atoms with Crippen molar-refractivity contribution in [2.24, 2.45) is 20.5 Å². The summed E-state index contributed by atoms with van der Waals surface area (Å²) in [6.45, 7) is 1.11. The number of fused-ring (bicyclic) bond motifs is 1. The van der Waals surface area contributed by atoms with Crippen LogP contribution in [0.2, 0.25) is 0 Å². The van der Waals surface area contributed by atoms with E-state index in [4.69, 9.17) is 10.5 Å². The molecule has 19 nitrogen and oxygen atoms in total. The van der Waals surface area contributed by atoms with Gasteiger partial charge in [-0.25, -0.2) is 10.5 Å². The molecule has 0 spiro atoms. The van der Waals surface area contributed by atoms with E-state index in [1.807, 2.05) is 0 Å². The van der Waals surface area contributed by atoms with Gasteiger partial charge in [0, 0.05) is 63.5 Å². The number of nitrogens with zero attached hydrogens (tertiary/aromatic N) is 4. The SMILES string of the molecule is CC(=O)Nc1cc(S(=O)(=O)O)cc2cc(SOOO)c(N=Nc3cc(O)c(N=Nc4cc(SOOO)ccc4O)cc3O)c(O)c12.[Cu].[Cu]. The fourth-order valence-electron chi connectivity index (χ4n) is 3.73. The average molecular weight is 825 g/mol. The fourth-order valence-corrected chi connectivity index (χ4v) is 5.16. The Hall–Kier alpha value is -3.58. The van der Waals surface area contributed by atoms with Crippen molar-refractivity contribution in [3.63, 3.8) is 0 Å². The molecule has 4 aromatic carbocycles. The van der Waals surface area contributed by atoms with E-state index >= 15 is 0 Å². The second-order valence-corrected chi connectivity index (χ2v) is 11.6. The minimum absolute atomic E-state index is 0. The Balaban J connectivity index is 0.00000400. The van der Waals surface area contributed by atoms with Crippen LogP contribution in [0.1, 0.15) is 6.92 Å². The van der Waals surface area contributed by atoms with Crippen molar-refractivity contribution in [1.82, 2.24) is 0 Å². The van der Waals surface area contributed by atoms with E-state index in [0.717, 1.165) is 31.2 Å². The van der Waals surface area contributed by atoms with E-state index in [1.165, 1.54) is 24.3 Å². The topological polar surface area (TPSA) is 291 Å². The maximum atomic E-state index is 11.8. The smallest absolute Gasteiger partial charge is 0.294 e. The van der Waals surface area contributed by atoms with Gasteiger partial charge in [-0.3, -0.25) is 9.35 Å². The van der Waals surface area contributed by atoms with E-state index in [1.54, 1.807) is 0 Å². The fraction of sp³-hybridized carbons (Fsp3) is 0.0417. The van der Waals surface area contributed by atoms with Crippen LogP contribution in [-0.4, -0.2) is 49.8 Å². The number of rotatable bonds is 12. The zero-order valence-electron chi connectivity index (χ0n) is 23.2. The molecule has 48 heavy (non-hydrogen) atoms. The Morgan fingerprint density at radius 1 is 0.771 bits per heavy atom. The number of anilines is 1. The molecule has 0 unspecified atom stereocenters. The third-order valence-electron chi connectivity index (χ3n) is 5.59. The molecule has 4 rings (SSSR count). The van der Waals surface area contributed by atoms with Crippen LogP contribution in [0, 0.1) is 0 Å². The van der Waals surface area contributed by atoms with Crippen LogP contribution in [-0.2, 0) is 67.8 Å². The van der Waals surface area contributed by atoms with Crippen molar-refractivity contribution < 1.29 is 102 Å². The van der Waals surface area contributed by atoms with Gasteiger partial charge >= 0.3 is 0 Å². The number of aromatic hydroxyl groups is 4. The summed E-state index contributed by atoms with van der Waals surface area (Å²) in [6, 6.07) is 8.92. The number of hydrogen-bond donors (Lipinski definition) is 8. The van der Waals surface area contributed by atoms with Gasteiger partial charge in [-0.05, 0) is 41.8 Å². The Labute approximate surface area is 298 Å². The molecule has 8 N–H and O–H groups in total. The Kier molecular flexibility index (Phi) is 15.0. The maximum Gasteiger partial charge on any atom is 0.294 e. The molecule has 0 aliphatic carbocycles. The van der Waals surface area contributed by atoms with Crippen molar-refractivity contribution in [3.8, 4) is 23.0 Å². The molecule has 0 bridgehead atoms. The van der Waals surface area contributed by atoms with E-state index in [0.29, 0.717) is 29.0 Å². The molecule has 0 aliphatic heterocycles. The number of phenols is 4. The van der Waals surface area contributed by atoms with Crippen molar-refractivity contribution in [1.29, 1.82) is 0 Å². The number of azo groups is 2. The first-order chi connectivity index (χ1) is 21.8. The van der Waals surface area contributed by atoms with Crippen molar-refractivity contribution >= 4 is 79.3 Å². The minimum atomic E-state index is -4.77. The maximum absolute atomic E-state index is 11.8. The number of benzene rings is 4. The van der Waals surface area contributed by atoms with Crippen LogP contribution in [0.5, 0.6) is 23.0 Å². The molecule has 0 saturated heterocycles. The summed E-state index contributed by atoms with van der Waals surface area (Å²) >= 11 is 0.883. The molecular weight excluding hydrogens is 806 g/mol. The molecule has 4 aromatic rings. The summed E-state index contributed by atoms with van der Waals surface area (Å²) in [4.78, 5) is 11.4. The van der Waals surface area contributed by atoms with Crippen LogP contribution < -0.4 is 5.32 Å². The van der Waals surface area contributed by atoms with Gasteiger partial charge in [-0.2, -0.15) is 8.42 Å². The molecule has 2 radical (unpaired) electrons. The normalized spacial score (nSPS) is 11.5. The van der Waals surface area contributed by atoms with E-state index in [9.17, 15) is 38.2 Å². The van der Waals surface area contributed by atoms with Gasteiger partial charge in [-0.1, -0.05) is 10.1 Å². The first kappa shape index (κ1) is 40.6. The second kappa shape index (κ2) is 17.7. The van der Waals surface area contributed by atoms with Gasteiger partial charge in [0.2, 0.25) is 5.91 Å². The number of hydrogen-bond acceptors (Lipinski definition) is 19. The van der Waals surface area contributed by atoms with Crippen molar-refractivity contribution in [2.75, 3.05) is 5.32 Å². The third-order valence-corrected chi connectivity index (χ3v) is 7.62. The zero-order valence-corrected chi connectivity index (χ0v) is 27.6. The monoisotopic (exact) mass is 823 g/mol. The summed E-state index contributed by atoms with van der Waals surface area (Å²) in [5.74, 6) is -2.79. The number of carbonyl (C=O) groups is 1. The number of phenolic OH excluding ortho intramolecular Hbond substituents is 4. The summed E-state index contributed by atoms with van der Waals surface area (Å²) in [7, 11) is -4.77. The Bertz CT molecular complexity index is 1990. The standard InChI is InChI=1S/C24H19N5O14S3.2Cu/c1-10(30)25-17-7-13(46(37,38)39)4-11-5-21(45-43-41-36)23(24(34)22(11)17)29-28-16-9-19(32)15(8-20(16)33)27-26-14-6-12(44-42-40-35)2-3-18(14)31;;/h2-9,31-36H,1H3,(H,25,30)(H,37,38,39);;. The van der Waals surface area contributed by atoms with E-state index < -0.39 is 43.9 Å². The average Bonchev–Trinajstić information content (AvgIpc) is 2.99. The molecule has 264 valence electrons.